The van der Waals surface area contributed by atoms with Crippen LogP contribution in [0.2, 0.25) is 0 Å². The molecular weight excluding hydrogens is 556 g/mol. The minimum atomic E-state index is -0.708. The molecular formula is C35H60N4O5. The molecule has 1 aromatic carbocycles. The largest absolute Gasteiger partial charge is 0.460 e. The molecule has 0 saturated heterocycles. The highest BCUT2D eigenvalue weighted by atomic mass is 16.5. The first kappa shape index (κ1) is 39.1. The average Bonchev–Trinajstić information content (AvgIpc) is 3.02. The summed E-state index contributed by atoms with van der Waals surface area (Å²) in [5, 5.41) is 8.85. The Labute approximate surface area is 266 Å². The van der Waals surface area contributed by atoms with E-state index in [1.54, 1.807) is 0 Å². The molecule has 1 rings (SSSR count). The molecule has 0 aliphatic rings. The van der Waals surface area contributed by atoms with Crippen molar-refractivity contribution in [3.63, 3.8) is 0 Å². The van der Waals surface area contributed by atoms with Gasteiger partial charge in [0.15, 0.2) is 0 Å². The molecule has 9 heteroatoms. The minimum Gasteiger partial charge on any atom is -0.460 e. The smallest absolute Gasteiger partial charge is 0.323 e. The molecule has 0 heterocycles. The fourth-order valence-corrected chi connectivity index (χ4v) is 4.88. The van der Waals surface area contributed by atoms with Crippen LogP contribution in [0.15, 0.2) is 30.3 Å². The SMILES string of the molecule is CCCCCCCC(=O)NCCCCC(NC(=O)CCCCCCC)C(=O)NCCCCC(N)C(=O)OCc1ccccc1. The standard InChI is InChI=1S/C35H60N4O5/c1-3-5-7-9-14-24-32(40)37-26-19-17-23-31(39-33(41)25-15-10-8-6-4-2)34(42)38-27-18-16-22-30(36)35(43)44-28-29-20-12-11-13-21-29/h11-13,20-21,30-31H,3-10,14-19,22-28,36H2,1-2H3,(H,37,40)(H,38,42)(H,39,41). The Morgan fingerprint density at radius 2 is 1.25 bits per heavy atom. The lowest BCUT2D eigenvalue weighted by molar-refractivity contribution is -0.146. The van der Waals surface area contributed by atoms with Gasteiger partial charge in [0.2, 0.25) is 17.7 Å². The quantitative estimate of drug-likeness (QED) is 0.0724. The third-order valence-corrected chi connectivity index (χ3v) is 7.68. The number of nitrogens with two attached hydrogens (primary N) is 1. The van der Waals surface area contributed by atoms with Crippen LogP contribution in [0.25, 0.3) is 0 Å². The molecule has 0 aliphatic carbocycles. The lowest BCUT2D eigenvalue weighted by Crippen LogP contribution is -2.47. The fourth-order valence-electron chi connectivity index (χ4n) is 4.88. The Kier molecular flexibility index (Phi) is 23.5. The first-order chi connectivity index (χ1) is 21.4. The predicted octanol–water partition coefficient (Wildman–Crippen LogP) is 5.84. The maximum absolute atomic E-state index is 13.0. The Balaban J connectivity index is 2.37. The molecule has 0 radical (unpaired) electrons. The van der Waals surface area contributed by atoms with Crippen LogP contribution < -0.4 is 21.7 Å². The maximum Gasteiger partial charge on any atom is 0.323 e. The van der Waals surface area contributed by atoms with Gasteiger partial charge in [-0.15, -0.1) is 0 Å². The number of unbranched alkanes of at least 4 members (excludes halogenated alkanes) is 10. The number of nitrogens with one attached hydrogen (secondary N) is 3. The van der Waals surface area contributed by atoms with Crippen molar-refractivity contribution in [2.45, 2.75) is 148 Å². The van der Waals surface area contributed by atoms with E-state index >= 15 is 0 Å². The zero-order chi connectivity index (χ0) is 32.3. The molecule has 0 bridgehead atoms. The van der Waals surface area contributed by atoms with Gasteiger partial charge >= 0.3 is 5.97 Å². The Hall–Kier alpha value is -2.94. The van der Waals surface area contributed by atoms with Crippen molar-refractivity contribution in [1.29, 1.82) is 0 Å². The highest BCUT2D eigenvalue weighted by molar-refractivity contribution is 5.87. The summed E-state index contributed by atoms with van der Waals surface area (Å²) in [6.45, 7) is 5.53. The van der Waals surface area contributed by atoms with E-state index in [2.05, 4.69) is 29.8 Å². The van der Waals surface area contributed by atoms with Gasteiger partial charge in [-0.05, 0) is 56.9 Å². The number of hydrogen-bond donors (Lipinski definition) is 4. The molecule has 3 amide bonds. The maximum atomic E-state index is 13.0. The van der Waals surface area contributed by atoms with Gasteiger partial charge in [-0.1, -0.05) is 95.5 Å². The molecule has 2 atom stereocenters. The summed E-state index contributed by atoms with van der Waals surface area (Å²) >= 11 is 0. The highest BCUT2D eigenvalue weighted by Gasteiger charge is 2.20. The number of ether oxygens (including phenoxy) is 1. The van der Waals surface area contributed by atoms with Crippen molar-refractivity contribution in [3.05, 3.63) is 35.9 Å². The first-order valence-corrected chi connectivity index (χ1v) is 17.2. The number of rotatable bonds is 27. The number of benzene rings is 1. The highest BCUT2D eigenvalue weighted by Crippen LogP contribution is 2.09. The van der Waals surface area contributed by atoms with Gasteiger partial charge in [0.25, 0.3) is 0 Å². The van der Waals surface area contributed by atoms with E-state index in [0.29, 0.717) is 58.0 Å². The Morgan fingerprint density at radius 3 is 1.89 bits per heavy atom. The van der Waals surface area contributed by atoms with Crippen LogP contribution in [-0.2, 0) is 30.5 Å². The number of carbonyl (C=O) groups is 4. The number of amides is 3. The van der Waals surface area contributed by atoms with Crippen molar-refractivity contribution in [2.24, 2.45) is 5.73 Å². The Morgan fingerprint density at radius 1 is 0.682 bits per heavy atom. The predicted molar refractivity (Wildman–Crippen MR) is 177 cm³/mol. The van der Waals surface area contributed by atoms with Crippen molar-refractivity contribution < 1.29 is 23.9 Å². The summed E-state index contributed by atoms with van der Waals surface area (Å²) in [5.41, 5.74) is 6.91. The zero-order valence-electron chi connectivity index (χ0n) is 27.5. The molecule has 5 N–H and O–H groups in total. The normalized spacial score (nSPS) is 12.2. The summed E-state index contributed by atoms with van der Waals surface area (Å²) in [7, 11) is 0. The van der Waals surface area contributed by atoms with Crippen LogP contribution in [0.4, 0.5) is 0 Å². The van der Waals surface area contributed by atoms with Gasteiger partial charge in [-0.2, -0.15) is 0 Å². The molecule has 0 aromatic heterocycles. The van der Waals surface area contributed by atoms with Gasteiger partial charge < -0.3 is 26.4 Å². The van der Waals surface area contributed by atoms with E-state index < -0.39 is 18.1 Å². The van der Waals surface area contributed by atoms with Gasteiger partial charge in [0, 0.05) is 25.9 Å². The summed E-state index contributed by atoms with van der Waals surface area (Å²) in [6, 6.07) is 8.14. The number of hydrogen-bond acceptors (Lipinski definition) is 6. The zero-order valence-corrected chi connectivity index (χ0v) is 27.5. The molecule has 2 unspecified atom stereocenters. The molecule has 44 heavy (non-hydrogen) atoms. The second kappa shape index (κ2) is 26.5. The molecule has 0 aliphatic heterocycles. The lowest BCUT2D eigenvalue weighted by Gasteiger charge is -2.19. The van der Waals surface area contributed by atoms with E-state index in [0.717, 1.165) is 50.5 Å². The van der Waals surface area contributed by atoms with Gasteiger partial charge in [0.05, 0.1) is 0 Å². The van der Waals surface area contributed by atoms with E-state index in [-0.39, 0.29) is 24.3 Å². The molecule has 250 valence electrons. The van der Waals surface area contributed by atoms with E-state index in [1.165, 1.54) is 25.7 Å². The average molecular weight is 617 g/mol. The molecule has 9 nitrogen and oxygen atoms in total. The second-order valence-corrected chi connectivity index (χ2v) is 11.8. The van der Waals surface area contributed by atoms with Crippen LogP contribution in [0.1, 0.15) is 135 Å². The van der Waals surface area contributed by atoms with Crippen LogP contribution in [0.3, 0.4) is 0 Å². The van der Waals surface area contributed by atoms with Crippen LogP contribution in [0.5, 0.6) is 0 Å². The molecule has 1 aromatic rings. The van der Waals surface area contributed by atoms with Crippen molar-refractivity contribution in [2.75, 3.05) is 13.1 Å². The number of carbonyl (C=O) groups excluding carboxylic acids is 4. The van der Waals surface area contributed by atoms with E-state index in [1.807, 2.05) is 30.3 Å². The summed E-state index contributed by atoms with van der Waals surface area (Å²) in [6.07, 6.45) is 15.6. The summed E-state index contributed by atoms with van der Waals surface area (Å²) < 4.78 is 5.30. The second-order valence-electron chi connectivity index (χ2n) is 11.8. The topological polar surface area (TPSA) is 140 Å². The Bertz CT molecular complexity index is 912. The lowest BCUT2D eigenvalue weighted by atomic mass is 10.1. The summed E-state index contributed by atoms with van der Waals surface area (Å²) in [5.74, 6) is -0.653. The van der Waals surface area contributed by atoms with Crippen LogP contribution >= 0.6 is 0 Å². The van der Waals surface area contributed by atoms with Crippen molar-refractivity contribution in [1.82, 2.24) is 16.0 Å². The van der Waals surface area contributed by atoms with Crippen LogP contribution in [0, 0.1) is 0 Å². The molecule has 0 fully saturated rings. The summed E-state index contributed by atoms with van der Waals surface area (Å²) in [4.78, 5) is 49.8. The molecule has 0 saturated carbocycles. The van der Waals surface area contributed by atoms with Crippen LogP contribution in [-0.4, -0.2) is 48.9 Å². The third kappa shape index (κ3) is 20.9. The van der Waals surface area contributed by atoms with Gasteiger partial charge in [0.1, 0.15) is 18.7 Å². The number of esters is 1. The molecule has 0 spiro atoms. The monoisotopic (exact) mass is 616 g/mol. The first-order valence-electron chi connectivity index (χ1n) is 17.2. The van der Waals surface area contributed by atoms with Crippen molar-refractivity contribution >= 4 is 23.7 Å². The van der Waals surface area contributed by atoms with Gasteiger partial charge in [-0.25, -0.2) is 0 Å². The third-order valence-electron chi connectivity index (χ3n) is 7.68. The van der Waals surface area contributed by atoms with Gasteiger partial charge in [-0.3, -0.25) is 19.2 Å². The van der Waals surface area contributed by atoms with E-state index in [4.69, 9.17) is 10.5 Å². The van der Waals surface area contributed by atoms with E-state index in [9.17, 15) is 19.2 Å². The fraction of sp³-hybridized carbons (Fsp3) is 0.714. The van der Waals surface area contributed by atoms with Crippen molar-refractivity contribution in [3.8, 4) is 0 Å². The minimum absolute atomic E-state index is 0.0799.